The molecule has 0 saturated heterocycles. The van der Waals surface area contributed by atoms with Crippen molar-refractivity contribution in [2.75, 3.05) is 6.54 Å². The van der Waals surface area contributed by atoms with Crippen LogP contribution in [-0.2, 0) is 18.0 Å². The Bertz CT molecular complexity index is 1180. The SMILES string of the molecule is O=C(NCC1(c2ccc(C(F)(F)F)cc2)CCCCC1)c1cn(-c2ncccn2)nc1CC(F)(F)F. The molecule has 0 unspecified atom stereocenters. The second-order valence-corrected chi connectivity index (χ2v) is 8.87. The van der Waals surface area contributed by atoms with Crippen LogP contribution >= 0.6 is 0 Å². The zero-order valence-electron chi connectivity index (χ0n) is 19.0. The summed E-state index contributed by atoms with van der Waals surface area (Å²) in [4.78, 5) is 21.0. The highest BCUT2D eigenvalue weighted by Gasteiger charge is 2.37. The van der Waals surface area contributed by atoms with Gasteiger partial charge in [0.15, 0.2) is 0 Å². The van der Waals surface area contributed by atoms with Gasteiger partial charge < -0.3 is 5.32 Å². The van der Waals surface area contributed by atoms with Crippen molar-refractivity contribution in [1.29, 1.82) is 0 Å². The van der Waals surface area contributed by atoms with Crippen LogP contribution < -0.4 is 5.32 Å². The molecule has 1 aliphatic rings. The van der Waals surface area contributed by atoms with Crippen molar-refractivity contribution in [3.8, 4) is 5.95 Å². The van der Waals surface area contributed by atoms with Gasteiger partial charge in [0.25, 0.3) is 5.91 Å². The van der Waals surface area contributed by atoms with Gasteiger partial charge in [0, 0.05) is 30.6 Å². The smallest absolute Gasteiger partial charge is 0.351 e. The van der Waals surface area contributed by atoms with E-state index in [1.807, 2.05) is 0 Å². The third-order valence-electron chi connectivity index (χ3n) is 6.38. The lowest BCUT2D eigenvalue weighted by atomic mass is 9.69. The van der Waals surface area contributed by atoms with Crippen LogP contribution in [0.5, 0.6) is 0 Å². The third-order valence-corrected chi connectivity index (χ3v) is 6.38. The number of nitrogens with zero attached hydrogens (tertiary/aromatic N) is 4. The Hall–Kier alpha value is -3.44. The highest BCUT2D eigenvalue weighted by molar-refractivity contribution is 5.95. The van der Waals surface area contributed by atoms with E-state index < -0.39 is 41.4 Å². The average Bonchev–Trinajstić information content (AvgIpc) is 3.25. The minimum Gasteiger partial charge on any atom is -0.351 e. The van der Waals surface area contributed by atoms with Crippen molar-refractivity contribution in [2.24, 2.45) is 0 Å². The number of halogens is 6. The van der Waals surface area contributed by atoms with Gasteiger partial charge in [-0.15, -0.1) is 0 Å². The van der Waals surface area contributed by atoms with E-state index in [0.717, 1.165) is 42.3 Å². The molecule has 1 aromatic carbocycles. The molecule has 3 aromatic rings. The lowest BCUT2D eigenvalue weighted by Gasteiger charge is -2.38. The first kappa shape index (κ1) is 25.6. The van der Waals surface area contributed by atoms with Crippen LogP contribution in [0.25, 0.3) is 5.95 Å². The molecule has 0 radical (unpaired) electrons. The fourth-order valence-electron chi connectivity index (χ4n) is 4.59. The molecule has 0 aliphatic heterocycles. The van der Waals surface area contributed by atoms with Crippen LogP contribution in [-0.4, -0.2) is 38.4 Å². The first-order valence-electron chi connectivity index (χ1n) is 11.4. The second kappa shape index (κ2) is 9.90. The van der Waals surface area contributed by atoms with Gasteiger partial charge in [-0.25, -0.2) is 14.6 Å². The minimum absolute atomic E-state index is 0.00785. The molecule has 192 valence electrons. The van der Waals surface area contributed by atoms with E-state index in [1.54, 1.807) is 0 Å². The summed E-state index contributed by atoms with van der Waals surface area (Å²) < 4.78 is 79.6. The largest absolute Gasteiger partial charge is 0.416 e. The van der Waals surface area contributed by atoms with Crippen LogP contribution in [0.15, 0.2) is 48.9 Å². The van der Waals surface area contributed by atoms with Crippen molar-refractivity contribution in [2.45, 2.75) is 56.3 Å². The van der Waals surface area contributed by atoms with Gasteiger partial charge in [-0.3, -0.25) is 4.79 Å². The Labute approximate surface area is 202 Å². The number of alkyl halides is 6. The fourth-order valence-corrected chi connectivity index (χ4v) is 4.59. The molecule has 1 amide bonds. The molecule has 0 spiro atoms. The Morgan fingerprint density at radius 3 is 2.19 bits per heavy atom. The number of rotatable bonds is 6. The van der Waals surface area contributed by atoms with Gasteiger partial charge in [0.2, 0.25) is 5.95 Å². The summed E-state index contributed by atoms with van der Waals surface area (Å²) in [5.74, 6) is -0.748. The van der Waals surface area contributed by atoms with E-state index in [1.165, 1.54) is 30.6 Å². The van der Waals surface area contributed by atoms with E-state index >= 15 is 0 Å². The molecule has 36 heavy (non-hydrogen) atoms. The van der Waals surface area contributed by atoms with E-state index in [9.17, 15) is 31.1 Å². The summed E-state index contributed by atoms with van der Waals surface area (Å²) in [6, 6.07) is 6.39. The molecule has 4 rings (SSSR count). The Balaban J connectivity index is 1.59. The summed E-state index contributed by atoms with van der Waals surface area (Å²) in [7, 11) is 0. The molecular weight excluding hydrogens is 488 g/mol. The number of aromatic nitrogens is 4. The number of amides is 1. The van der Waals surface area contributed by atoms with E-state index in [4.69, 9.17) is 0 Å². The third kappa shape index (κ3) is 5.85. The molecule has 0 atom stereocenters. The predicted octanol–water partition coefficient (Wildman–Crippen LogP) is 5.42. The van der Waals surface area contributed by atoms with Crippen molar-refractivity contribution in [3.63, 3.8) is 0 Å². The summed E-state index contributed by atoms with van der Waals surface area (Å²) >= 11 is 0. The number of hydrogen-bond donors (Lipinski definition) is 1. The van der Waals surface area contributed by atoms with Gasteiger partial charge >= 0.3 is 12.4 Å². The van der Waals surface area contributed by atoms with Gasteiger partial charge in [0.05, 0.1) is 23.2 Å². The van der Waals surface area contributed by atoms with Crippen molar-refractivity contribution in [1.82, 2.24) is 25.1 Å². The van der Waals surface area contributed by atoms with Crippen LogP contribution in [0.2, 0.25) is 0 Å². The molecule has 1 saturated carbocycles. The first-order valence-corrected chi connectivity index (χ1v) is 11.4. The van der Waals surface area contributed by atoms with Gasteiger partial charge in [-0.2, -0.15) is 31.4 Å². The standard InChI is InChI=1S/C24H23F6N5O/c25-23(26,27)13-19-18(14-35(34-19)21-31-11-4-12-32-21)20(36)33-15-22(9-2-1-3-10-22)16-5-7-17(8-6-16)24(28,29)30/h4-8,11-12,14H,1-3,9-10,13,15H2,(H,33,36). The monoisotopic (exact) mass is 511 g/mol. The predicted molar refractivity (Wildman–Crippen MR) is 117 cm³/mol. The average molecular weight is 511 g/mol. The Kier molecular flexibility index (Phi) is 7.05. The summed E-state index contributed by atoms with van der Waals surface area (Å²) in [5.41, 5.74) is -1.48. The van der Waals surface area contributed by atoms with Crippen molar-refractivity contribution >= 4 is 5.91 Å². The maximum Gasteiger partial charge on any atom is 0.416 e. The topological polar surface area (TPSA) is 72.7 Å². The van der Waals surface area contributed by atoms with E-state index in [2.05, 4.69) is 20.4 Å². The molecule has 2 aromatic heterocycles. The molecule has 12 heteroatoms. The normalized spacial score (nSPS) is 16.1. The number of carbonyl (C=O) groups is 1. The van der Waals surface area contributed by atoms with Crippen LogP contribution in [0.3, 0.4) is 0 Å². The summed E-state index contributed by atoms with van der Waals surface area (Å²) in [6.07, 6.45) is -2.70. The zero-order chi connectivity index (χ0) is 26.0. The molecule has 6 nitrogen and oxygen atoms in total. The minimum atomic E-state index is -4.60. The van der Waals surface area contributed by atoms with Crippen LogP contribution in [0.1, 0.15) is 59.3 Å². The highest BCUT2D eigenvalue weighted by Crippen LogP contribution is 2.40. The Morgan fingerprint density at radius 2 is 1.61 bits per heavy atom. The first-order chi connectivity index (χ1) is 17.0. The highest BCUT2D eigenvalue weighted by atomic mass is 19.4. The second-order valence-electron chi connectivity index (χ2n) is 8.87. The number of benzene rings is 1. The summed E-state index contributed by atoms with van der Waals surface area (Å²) in [5, 5.41) is 6.62. The molecular formula is C24H23F6N5O. The maximum absolute atomic E-state index is 13.2. The molecule has 2 heterocycles. The van der Waals surface area contributed by atoms with Crippen LogP contribution in [0, 0.1) is 0 Å². The van der Waals surface area contributed by atoms with Gasteiger partial charge in [-0.05, 0) is 36.6 Å². The van der Waals surface area contributed by atoms with E-state index in [0.29, 0.717) is 18.4 Å². The van der Waals surface area contributed by atoms with Crippen molar-refractivity contribution < 1.29 is 31.1 Å². The Morgan fingerprint density at radius 1 is 0.972 bits per heavy atom. The van der Waals surface area contributed by atoms with Crippen molar-refractivity contribution in [3.05, 3.63) is 71.3 Å². The lowest BCUT2D eigenvalue weighted by Crippen LogP contribution is -2.42. The quantitative estimate of drug-likeness (QED) is 0.449. The summed E-state index contributed by atoms with van der Waals surface area (Å²) in [6.45, 7) is 0.0652. The zero-order valence-corrected chi connectivity index (χ0v) is 19.0. The molecule has 1 N–H and O–H groups in total. The van der Waals surface area contributed by atoms with Crippen LogP contribution in [0.4, 0.5) is 26.3 Å². The van der Waals surface area contributed by atoms with Gasteiger partial charge in [0.1, 0.15) is 0 Å². The molecule has 0 bridgehead atoms. The van der Waals surface area contributed by atoms with Gasteiger partial charge in [-0.1, -0.05) is 31.4 Å². The maximum atomic E-state index is 13.2. The number of nitrogens with one attached hydrogen (secondary N) is 1. The number of carbonyl (C=O) groups excluding carboxylic acids is 1. The van der Waals surface area contributed by atoms with E-state index in [-0.39, 0.29) is 18.1 Å². The number of hydrogen-bond acceptors (Lipinski definition) is 4. The molecule has 1 aliphatic carbocycles. The fraction of sp³-hybridized carbons (Fsp3) is 0.417. The lowest BCUT2D eigenvalue weighted by molar-refractivity contribution is -0.137. The molecule has 1 fully saturated rings.